The predicted octanol–water partition coefficient (Wildman–Crippen LogP) is 1.71. The summed E-state index contributed by atoms with van der Waals surface area (Å²) in [5.74, 6) is 0.0594. The quantitative estimate of drug-likeness (QED) is 0.710. The number of rotatable bonds is 5. The molecule has 0 bridgehead atoms. The van der Waals surface area contributed by atoms with Crippen molar-refractivity contribution < 1.29 is 9.90 Å². The van der Waals surface area contributed by atoms with Gasteiger partial charge in [0.05, 0.1) is 6.61 Å². The molecule has 0 spiro atoms. The molecule has 2 rings (SSSR count). The van der Waals surface area contributed by atoms with Crippen LogP contribution in [0, 0.1) is 5.41 Å². The van der Waals surface area contributed by atoms with Gasteiger partial charge in [-0.2, -0.15) is 0 Å². The third-order valence-electron chi connectivity index (χ3n) is 5.02. The average Bonchev–Trinajstić information content (AvgIpc) is 2.86. The SMILES string of the molecule is NC1(CC(=O)NCC2(CO)CCCC2)CCCCC1. The van der Waals surface area contributed by atoms with Crippen molar-refractivity contribution in [3.05, 3.63) is 0 Å². The largest absolute Gasteiger partial charge is 0.396 e. The maximum Gasteiger partial charge on any atom is 0.221 e. The Morgan fingerprint density at radius 3 is 2.21 bits per heavy atom. The topological polar surface area (TPSA) is 75.4 Å². The number of hydrogen-bond acceptors (Lipinski definition) is 3. The van der Waals surface area contributed by atoms with Gasteiger partial charge in [-0.1, -0.05) is 32.1 Å². The molecule has 0 unspecified atom stereocenters. The highest BCUT2D eigenvalue weighted by molar-refractivity contribution is 5.77. The first-order chi connectivity index (χ1) is 9.08. The average molecular weight is 268 g/mol. The van der Waals surface area contributed by atoms with Gasteiger partial charge in [-0.05, 0) is 25.7 Å². The number of aliphatic hydroxyl groups excluding tert-OH is 1. The molecule has 0 aromatic heterocycles. The van der Waals surface area contributed by atoms with Crippen LogP contribution < -0.4 is 11.1 Å². The van der Waals surface area contributed by atoms with Gasteiger partial charge in [0.1, 0.15) is 0 Å². The van der Waals surface area contributed by atoms with E-state index in [1.165, 1.54) is 6.42 Å². The van der Waals surface area contributed by atoms with Gasteiger partial charge in [-0.25, -0.2) is 0 Å². The van der Waals surface area contributed by atoms with E-state index in [0.29, 0.717) is 13.0 Å². The van der Waals surface area contributed by atoms with E-state index in [2.05, 4.69) is 5.32 Å². The zero-order valence-electron chi connectivity index (χ0n) is 11.9. The van der Waals surface area contributed by atoms with E-state index in [9.17, 15) is 9.90 Å². The minimum Gasteiger partial charge on any atom is -0.396 e. The number of aliphatic hydroxyl groups is 1. The molecule has 1 amide bonds. The Morgan fingerprint density at radius 1 is 1.05 bits per heavy atom. The molecule has 0 aromatic rings. The van der Waals surface area contributed by atoms with Crippen LogP contribution in [0.3, 0.4) is 0 Å². The first-order valence-corrected chi connectivity index (χ1v) is 7.74. The van der Waals surface area contributed by atoms with Gasteiger partial charge in [-0.15, -0.1) is 0 Å². The molecule has 2 aliphatic carbocycles. The standard InChI is InChI=1S/C15H28N2O2/c16-15(8-2-1-3-9-15)10-13(19)17-11-14(12-18)6-4-5-7-14/h18H,1-12,16H2,(H,17,19). The van der Waals surface area contributed by atoms with Crippen LogP contribution in [0.25, 0.3) is 0 Å². The highest BCUT2D eigenvalue weighted by atomic mass is 16.3. The zero-order valence-corrected chi connectivity index (χ0v) is 11.9. The van der Waals surface area contributed by atoms with Crippen LogP contribution >= 0.6 is 0 Å². The third-order valence-corrected chi connectivity index (χ3v) is 5.02. The van der Waals surface area contributed by atoms with Crippen molar-refractivity contribution in [1.29, 1.82) is 0 Å². The summed E-state index contributed by atoms with van der Waals surface area (Å²) in [5.41, 5.74) is 5.95. The maximum absolute atomic E-state index is 12.1. The molecule has 4 heteroatoms. The van der Waals surface area contributed by atoms with Crippen LogP contribution in [0.2, 0.25) is 0 Å². The molecule has 0 atom stereocenters. The second-order valence-electron chi connectivity index (χ2n) is 6.74. The van der Waals surface area contributed by atoms with Crippen molar-refractivity contribution in [3.63, 3.8) is 0 Å². The van der Waals surface area contributed by atoms with E-state index in [1.54, 1.807) is 0 Å². The summed E-state index contributed by atoms with van der Waals surface area (Å²) in [7, 11) is 0. The molecule has 4 N–H and O–H groups in total. The van der Waals surface area contributed by atoms with Crippen LogP contribution in [0.1, 0.15) is 64.2 Å². The fourth-order valence-electron chi connectivity index (χ4n) is 3.62. The van der Waals surface area contributed by atoms with Crippen molar-refractivity contribution in [3.8, 4) is 0 Å². The Labute approximate surface area is 116 Å². The summed E-state index contributed by atoms with van der Waals surface area (Å²) in [6.07, 6.45) is 10.3. The maximum atomic E-state index is 12.1. The second-order valence-corrected chi connectivity index (χ2v) is 6.74. The lowest BCUT2D eigenvalue weighted by Crippen LogP contribution is -2.47. The Hall–Kier alpha value is -0.610. The second kappa shape index (κ2) is 6.23. The molecule has 0 aliphatic heterocycles. The zero-order chi connectivity index (χ0) is 13.8. The molecule has 0 aromatic carbocycles. The van der Waals surface area contributed by atoms with Gasteiger partial charge in [-0.3, -0.25) is 4.79 Å². The van der Waals surface area contributed by atoms with Gasteiger partial charge in [0.25, 0.3) is 0 Å². The molecule has 19 heavy (non-hydrogen) atoms. The Kier molecular flexibility index (Phi) is 4.85. The molecule has 4 nitrogen and oxygen atoms in total. The van der Waals surface area contributed by atoms with Crippen molar-refractivity contribution in [1.82, 2.24) is 5.32 Å². The summed E-state index contributed by atoms with van der Waals surface area (Å²) >= 11 is 0. The summed E-state index contributed by atoms with van der Waals surface area (Å²) < 4.78 is 0. The Bertz CT molecular complexity index is 305. The molecule has 0 radical (unpaired) electrons. The first kappa shape index (κ1) is 14.8. The predicted molar refractivity (Wildman–Crippen MR) is 75.6 cm³/mol. The van der Waals surface area contributed by atoms with Crippen LogP contribution in [-0.2, 0) is 4.79 Å². The fraction of sp³-hybridized carbons (Fsp3) is 0.933. The van der Waals surface area contributed by atoms with Gasteiger partial charge < -0.3 is 16.2 Å². The Morgan fingerprint density at radius 2 is 1.63 bits per heavy atom. The van der Waals surface area contributed by atoms with Gasteiger partial charge >= 0.3 is 0 Å². The van der Waals surface area contributed by atoms with E-state index in [0.717, 1.165) is 51.4 Å². The molecular formula is C15H28N2O2. The Balaban J connectivity index is 1.77. The van der Waals surface area contributed by atoms with E-state index < -0.39 is 0 Å². The van der Waals surface area contributed by atoms with E-state index >= 15 is 0 Å². The van der Waals surface area contributed by atoms with Crippen LogP contribution in [0.15, 0.2) is 0 Å². The lowest BCUT2D eigenvalue weighted by Gasteiger charge is -2.33. The molecule has 2 fully saturated rings. The van der Waals surface area contributed by atoms with Crippen molar-refractivity contribution >= 4 is 5.91 Å². The molecule has 2 saturated carbocycles. The number of nitrogens with one attached hydrogen (secondary N) is 1. The van der Waals surface area contributed by atoms with Crippen molar-refractivity contribution in [2.24, 2.45) is 11.1 Å². The van der Waals surface area contributed by atoms with Crippen LogP contribution in [-0.4, -0.2) is 29.7 Å². The van der Waals surface area contributed by atoms with Crippen LogP contribution in [0.5, 0.6) is 0 Å². The minimum atomic E-state index is -0.287. The summed E-state index contributed by atoms with van der Waals surface area (Å²) in [4.78, 5) is 12.1. The lowest BCUT2D eigenvalue weighted by molar-refractivity contribution is -0.123. The van der Waals surface area contributed by atoms with Crippen LogP contribution in [0.4, 0.5) is 0 Å². The highest BCUT2D eigenvalue weighted by Crippen LogP contribution is 2.37. The van der Waals surface area contributed by atoms with E-state index in [4.69, 9.17) is 5.73 Å². The lowest BCUT2D eigenvalue weighted by atomic mass is 9.80. The van der Waals surface area contributed by atoms with Crippen molar-refractivity contribution in [2.45, 2.75) is 69.7 Å². The smallest absolute Gasteiger partial charge is 0.221 e. The normalized spacial score (nSPS) is 25.2. The van der Waals surface area contributed by atoms with Crippen molar-refractivity contribution in [2.75, 3.05) is 13.2 Å². The highest BCUT2D eigenvalue weighted by Gasteiger charge is 2.35. The summed E-state index contributed by atoms with van der Waals surface area (Å²) in [6, 6.07) is 0. The van der Waals surface area contributed by atoms with Gasteiger partial charge in [0.15, 0.2) is 0 Å². The van der Waals surface area contributed by atoms with Gasteiger partial charge in [0.2, 0.25) is 5.91 Å². The van der Waals surface area contributed by atoms with Gasteiger partial charge in [0, 0.05) is 23.9 Å². The number of nitrogens with two attached hydrogens (primary N) is 1. The molecule has 110 valence electrons. The van der Waals surface area contributed by atoms with E-state index in [1.807, 2.05) is 0 Å². The molecule has 0 saturated heterocycles. The molecule has 0 heterocycles. The third kappa shape index (κ3) is 3.93. The summed E-state index contributed by atoms with van der Waals surface area (Å²) in [6.45, 7) is 0.791. The first-order valence-electron chi connectivity index (χ1n) is 7.74. The number of amides is 1. The summed E-state index contributed by atoms with van der Waals surface area (Å²) in [5, 5.41) is 12.5. The number of carbonyl (C=O) groups is 1. The van der Waals surface area contributed by atoms with E-state index in [-0.39, 0.29) is 23.5 Å². The molecular weight excluding hydrogens is 240 g/mol. The molecule has 2 aliphatic rings. The monoisotopic (exact) mass is 268 g/mol. The minimum absolute atomic E-state index is 0.0594. The fourth-order valence-corrected chi connectivity index (χ4v) is 3.62. The number of hydrogen-bond donors (Lipinski definition) is 3. The number of carbonyl (C=O) groups excluding carboxylic acids is 1.